The molecule has 1 saturated heterocycles. The summed E-state index contributed by atoms with van der Waals surface area (Å²) in [5.41, 5.74) is 2.35. The van der Waals surface area contributed by atoms with E-state index >= 15 is 0 Å². The summed E-state index contributed by atoms with van der Waals surface area (Å²) in [5.74, 6) is 2.53. The molecule has 0 saturated carbocycles. The number of hydrogen-bond acceptors (Lipinski definition) is 5. The molecule has 30 heavy (non-hydrogen) atoms. The number of pyridine rings is 1. The van der Waals surface area contributed by atoms with Crippen molar-refractivity contribution < 1.29 is 9.47 Å². The zero-order valence-electron chi connectivity index (χ0n) is 18.2. The molecular weight excluding hydrogens is 378 g/mol. The van der Waals surface area contributed by atoms with Gasteiger partial charge in [-0.1, -0.05) is 6.07 Å². The minimum Gasteiger partial charge on any atom is -0.497 e. The standard InChI is InChI=1S/C23H33N5O2/c1-4-25-23(26-11-7-18-6-5-10-24-17-18)27-19-8-12-28(13-9-19)20-14-21(29-2)16-22(15-20)30-3/h5-6,10,14-17,19H,4,7-9,11-13H2,1-3H3,(H2,25,26,27). The van der Waals surface area contributed by atoms with Crippen LogP contribution in [0.3, 0.4) is 0 Å². The lowest BCUT2D eigenvalue weighted by Gasteiger charge is -2.34. The second kappa shape index (κ2) is 11.3. The molecule has 7 nitrogen and oxygen atoms in total. The highest BCUT2D eigenvalue weighted by atomic mass is 16.5. The third-order valence-electron chi connectivity index (χ3n) is 5.27. The minimum absolute atomic E-state index is 0.407. The molecule has 1 fully saturated rings. The molecule has 0 atom stereocenters. The van der Waals surface area contributed by atoms with E-state index in [9.17, 15) is 0 Å². The lowest BCUT2D eigenvalue weighted by molar-refractivity contribution is 0.393. The molecule has 162 valence electrons. The SMILES string of the molecule is CCNC(=NCCc1cccnc1)NC1CCN(c2cc(OC)cc(OC)c2)CC1. The quantitative estimate of drug-likeness (QED) is 0.514. The van der Waals surface area contributed by atoms with Crippen LogP contribution in [0.5, 0.6) is 11.5 Å². The second-order valence-corrected chi connectivity index (χ2v) is 7.35. The first-order chi connectivity index (χ1) is 14.7. The van der Waals surface area contributed by atoms with E-state index in [2.05, 4.69) is 45.6 Å². The second-order valence-electron chi connectivity index (χ2n) is 7.35. The Labute approximate surface area is 179 Å². The van der Waals surface area contributed by atoms with Crippen molar-refractivity contribution in [2.24, 2.45) is 4.99 Å². The van der Waals surface area contributed by atoms with Crippen molar-refractivity contribution in [2.75, 3.05) is 45.3 Å². The van der Waals surface area contributed by atoms with Crippen LogP contribution in [-0.2, 0) is 6.42 Å². The fraction of sp³-hybridized carbons (Fsp3) is 0.478. The maximum Gasteiger partial charge on any atom is 0.191 e. The van der Waals surface area contributed by atoms with Crippen LogP contribution >= 0.6 is 0 Å². The Morgan fingerprint density at radius 2 is 1.90 bits per heavy atom. The van der Waals surface area contributed by atoms with Gasteiger partial charge in [-0.2, -0.15) is 0 Å². The zero-order chi connectivity index (χ0) is 21.2. The summed E-state index contributed by atoms with van der Waals surface area (Å²) in [6.45, 7) is 5.63. The highest BCUT2D eigenvalue weighted by molar-refractivity contribution is 5.80. The van der Waals surface area contributed by atoms with Crippen LogP contribution in [0.25, 0.3) is 0 Å². The molecule has 3 rings (SSSR count). The Balaban J connectivity index is 1.53. The van der Waals surface area contributed by atoms with Gasteiger partial charge in [0.1, 0.15) is 11.5 Å². The van der Waals surface area contributed by atoms with Gasteiger partial charge >= 0.3 is 0 Å². The van der Waals surface area contributed by atoms with Gasteiger partial charge in [0.2, 0.25) is 0 Å². The number of rotatable bonds is 8. The van der Waals surface area contributed by atoms with E-state index < -0.39 is 0 Å². The van der Waals surface area contributed by atoms with Crippen LogP contribution in [0, 0.1) is 0 Å². The summed E-state index contributed by atoms with van der Waals surface area (Å²) in [6, 6.07) is 10.5. The van der Waals surface area contributed by atoms with Crippen LogP contribution in [0.4, 0.5) is 5.69 Å². The number of ether oxygens (including phenoxy) is 2. The van der Waals surface area contributed by atoms with Gasteiger partial charge in [-0.25, -0.2) is 0 Å². The molecular formula is C23H33N5O2. The number of guanidine groups is 1. The topological polar surface area (TPSA) is 71.0 Å². The molecule has 0 radical (unpaired) electrons. The average Bonchev–Trinajstić information content (AvgIpc) is 2.80. The predicted octanol–water partition coefficient (Wildman–Crippen LogP) is 2.87. The number of aliphatic imine (C=N–C) groups is 1. The summed E-state index contributed by atoms with van der Waals surface area (Å²) in [7, 11) is 3.37. The largest absolute Gasteiger partial charge is 0.497 e. The van der Waals surface area contributed by atoms with E-state index in [4.69, 9.17) is 14.5 Å². The number of nitrogens with one attached hydrogen (secondary N) is 2. The molecule has 1 aromatic carbocycles. The maximum atomic E-state index is 5.41. The molecule has 0 bridgehead atoms. The highest BCUT2D eigenvalue weighted by Gasteiger charge is 2.21. The van der Waals surface area contributed by atoms with Crippen LogP contribution in [-0.4, -0.2) is 57.4 Å². The molecule has 0 spiro atoms. The van der Waals surface area contributed by atoms with Crippen LogP contribution in [0.1, 0.15) is 25.3 Å². The molecule has 2 aromatic rings. The lowest BCUT2D eigenvalue weighted by atomic mass is 10.0. The average molecular weight is 412 g/mol. The van der Waals surface area contributed by atoms with Gasteiger partial charge < -0.3 is 25.0 Å². The Morgan fingerprint density at radius 3 is 2.50 bits per heavy atom. The Hall–Kier alpha value is -2.96. The summed E-state index contributed by atoms with van der Waals surface area (Å²) in [4.78, 5) is 11.3. The first-order valence-corrected chi connectivity index (χ1v) is 10.6. The number of anilines is 1. The fourth-order valence-corrected chi connectivity index (χ4v) is 3.61. The first kappa shape index (κ1) is 21.7. The number of benzene rings is 1. The van der Waals surface area contributed by atoms with Crippen molar-refractivity contribution in [3.8, 4) is 11.5 Å². The lowest BCUT2D eigenvalue weighted by Crippen LogP contribution is -2.48. The van der Waals surface area contributed by atoms with Gasteiger partial charge in [-0.15, -0.1) is 0 Å². The number of nitrogens with zero attached hydrogens (tertiary/aromatic N) is 3. The molecule has 2 N–H and O–H groups in total. The Bertz CT molecular complexity index is 782. The van der Waals surface area contributed by atoms with E-state index in [1.54, 1.807) is 20.4 Å². The van der Waals surface area contributed by atoms with Crippen LogP contribution in [0.15, 0.2) is 47.7 Å². The van der Waals surface area contributed by atoms with E-state index in [1.165, 1.54) is 5.56 Å². The minimum atomic E-state index is 0.407. The van der Waals surface area contributed by atoms with Gasteiger partial charge in [0.25, 0.3) is 0 Å². The van der Waals surface area contributed by atoms with Crippen molar-refractivity contribution in [2.45, 2.75) is 32.2 Å². The third-order valence-corrected chi connectivity index (χ3v) is 5.27. The molecule has 1 aliphatic heterocycles. The molecule has 0 unspecified atom stereocenters. The van der Waals surface area contributed by atoms with Gasteiger partial charge in [0.15, 0.2) is 5.96 Å². The van der Waals surface area contributed by atoms with Crippen molar-refractivity contribution >= 4 is 11.6 Å². The number of methoxy groups -OCH3 is 2. The highest BCUT2D eigenvalue weighted by Crippen LogP contribution is 2.30. The molecule has 1 aromatic heterocycles. The van der Waals surface area contributed by atoms with Crippen LogP contribution in [0.2, 0.25) is 0 Å². The van der Waals surface area contributed by atoms with E-state index in [-0.39, 0.29) is 0 Å². The number of hydrogen-bond donors (Lipinski definition) is 2. The van der Waals surface area contributed by atoms with E-state index in [1.807, 2.05) is 18.3 Å². The molecule has 1 aliphatic rings. The summed E-state index contributed by atoms with van der Waals surface area (Å²) in [6.07, 6.45) is 6.69. The zero-order valence-corrected chi connectivity index (χ0v) is 18.2. The Morgan fingerprint density at radius 1 is 1.17 bits per heavy atom. The monoisotopic (exact) mass is 411 g/mol. The van der Waals surface area contributed by atoms with Gasteiger partial charge in [-0.05, 0) is 37.8 Å². The predicted molar refractivity (Wildman–Crippen MR) is 122 cm³/mol. The van der Waals surface area contributed by atoms with E-state index in [0.717, 1.165) is 68.6 Å². The van der Waals surface area contributed by atoms with Crippen LogP contribution < -0.4 is 25.0 Å². The third kappa shape index (κ3) is 6.27. The van der Waals surface area contributed by atoms with Crippen molar-refractivity contribution in [1.29, 1.82) is 0 Å². The molecule has 0 aliphatic carbocycles. The normalized spacial score (nSPS) is 15.0. The molecule has 2 heterocycles. The maximum absolute atomic E-state index is 5.41. The van der Waals surface area contributed by atoms with E-state index in [0.29, 0.717) is 6.04 Å². The summed E-state index contributed by atoms with van der Waals surface area (Å²) >= 11 is 0. The molecule has 7 heteroatoms. The Kier molecular flexibility index (Phi) is 8.18. The van der Waals surface area contributed by atoms with Crippen molar-refractivity contribution in [3.05, 3.63) is 48.3 Å². The molecule has 0 amide bonds. The van der Waals surface area contributed by atoms with Gasteiger partial charge in [0.05, 0.1) is 14.2 Å². The van der Waals surface area contributed by atoms with Gasteiger partial charge in [-0.3, -0.25) is 9.98 Å². The summed E-state index contributed by atoms with van der Waals surface area (Å²) < 4.78 is 10.8. The van der Waals surface area contributed by atoms with Gasteiger partial charge in [0, 0.05) is 68.5 Å². The summed E-state index contributed by atoms with van der Waals surface area (Å²) in [5, 5.41) is 6.97. The number of piperidine rings is 1. The van der Waals surface area contributed by atoms with Crippen molar-refractivity contribution in [1.82, 2.24) is 15.6 Å². The first-order valence-electron chi connectivity index (χ1n) is 10.6. The fourth-order valence-electron chi connectivity index (χ4n) is 3.61. The smallest absolute Gasteiger partial charge is 0.191 e. The number of aromatic nitrogens is 1. The van der Waals surface area contributed by atoms with Crippen molar-refractivity contribution in [3.63, 3.8) is 0 Å².